The molecule has 1 aromatic rings. The lowest BCUT2D eigenvalue weighted by Crippen LogP contribution is -2.46. The molecule has 0 aliphatic carbocycles. The van der Waals surface area contributed by atoms with Crippen LogP contribution in [0.3, 0.4) is 0 Å². The van der Waals surface area contributed by atoms with Crippen LogP contribution in [-0.4, -0.2) is 25.3 Å². The van der Waals surface area contributed by atoms with Crippen molar-refractivity contribution in [1.82, 2.24) is 5.32 Å². The van der Waals surface area contributed by atoms with E-state index in [1.807, 2.05) is 26.8 Å². The van der Waals surface area contributed by atoms with Gasteiger partial charge in [0, 0.05) is 17.1 Å². The summed E-state index contributed by atoms with van der Waals surface area (Å²) in [7, 11) is 1.56. The molecule has 0 atom stereocenters. The van der Waals surface area contributed by atoms with Crippen LogP contribution >= 0.6 is 15.9 Å². The molecule has 0 radical (unpaired) electrons. The van der Waals surface area contributed by atoms with Crippen molar-refractivity contribution in [2.24, 2.45) is 5.41 Å². The Morgan fingerprint density at radius 1 is 1.22 bits per heavy atom. The Morgan fingerprint density at radius 3 is 2.35 bits per heavy atom. The standard InChI is InChI=1S/C18H28BrNO3/c1-12-8-13(19)9-14(15(12)23-11-22-7)16(21)20-18(5,6)10-17(2,3)4/h8-9H,10-11H2,1-7H3,(H,20,21). The minimum Gasteiger partial charge on any atom is -0.466 e. The maximum absolute atomic E-state index is 12.8. The monoisotopic (exact) mass is 385 g/mol. The van der Waals surface area contributed by atoms with Crippen molar-refractivity contribution >= 4 is 21.8 Å². The van der Waals surface area contributed by atoms with Crippen LogP contribution in [-0.2, 0) is 4.74 Å². The first kappa shape index (κ1) is 20.0. The van der Waals surface area contributed by atoms with Crippen molar-refractivity contribution in [1.29, 1.82) is 0 Å². The number of hydrogen-bond acceptors (Lipinski definition) is 3. The summed E-state index contributed by atoms with van der Waals surface area (Å²) in [5.41, 5.74) is 1.20. The summed E-state index contributed by atoms with van der Waals surface area (Å²) in [4.78, 5) is 12.8. The molecule has 1 rings (SSSR count). The van der Waals surface area contributed by atoms with Crippen LogP contribution in [0.4, 0.5) is 0 Å². The average molecular weight is 386 g/mol. The van der Waals surface area contributed by atoms with Crippen molar-refractivity contribution in [3.05, 3.63) is 27.7 Å². The molecule has 0 aromatic heterocycles. The Kier molecular flexibility index (Phi) is 6.66. The Morgan fingerprint density at radius 2 is 1.83 bits per heavy atom. The van der Waals surface area contributed by atoms with Crippen LogP contribution in [0.15, 0.2) is 16.6 Å². The number of carbonyl (C=O) groups excluding carboxylic acids is 1. The number of ether oxygens (including phenoxy) is 2. The minimum absolute atomic E-state index is 0.105. The number of benzene rings is 1. The molecule has 0 unspecified atom stereocenters. The van der Waals surface area contributed by atoms with Gasteiger partial charge in [-0.3, -0.25) is 4.79 Å². The number of amides is 1. The number of hydrogen-bond donors (Lipinski definition) is 1. The highest BCUT2D eigenvalue weighted by atomic mass is 79.9. The predicted molar refractivity (Wildman–Crippen MR) is 97.0 cm³/mol. The van der Waals surface area contributed by atoms with Gasteiger partial charge in [-0.05, 0) is 50.3 Å². The zero-order valence-corrected chi connectivity index (χ0v) is 16.8. The van der Waals surface area contributed by atoms with Gasteiger partial charge in [0.05, 0.1) is 5.56 Å². The molecule has 5 heteroatoms. The van der Waals surface area contributed by atoms with Crippen molar-refractivity contribution in [2.45, 2.75) is 53.5 Å². The van der Waals surface area contributed by atoms with Crippen molar-refractivity contribution < 1.29 is 14.3 Å². The van der Waals surface area contributed by atoms with E-state index < -0.39 is 0 Å². The molecule has 0 aliphatic rings. The maximum Gasteiger partial charge on any atom is 0.255 e. The van der Waals surface area contributed by atoms with Gasteiger partial charge in [0.1, 0.15) is 5.75 Å². The molecule has 0 saturated heterocycles. The molecule has 0 heterocycles. The van der Waals surface area contributed by atoms with Crippen molar-refractivity contribution in [2.75, 3.05) is 13.9 Å². The van der Waals surface area contributed by atoms with Gasteiger partial charge in [-0.1, -0.05) is 36.7 Å². The zero-order chi connectivity index (χ0) is 17.8. The second-order valence-corrected chi connectivity index (χ2v) is 8.64. The predicted octanol–water partition coefficient (Wildman–Crippen LogP) is 4.68. The number of carbonyl (C=O) groups is 1. The first-order valence-electron chi connectivity index (χ1n) is 7.69. The minimum atomic E-state index is -0.315. The first-order chi connectivity index (χ1) is 10.4. The summed E-state index contributed by atoms with van der Waals surface area (Å²) in [5.74, 6) is 0.411. The molecule has 0 spiro atoms. The number of methoxy groups -OCH3 is 1. The third-order valence-electron chi connectivity index (χ3n) is 3.23. The van der Waals surface area contributed by atoms with E-state index in [1.54, 1.807) is 13.2 Å². The van der Waals surface area contributed by atoms with E-state index >= 15 is 0 Å². The molecule has 0 fully saturated rings. The molecule has 1 aromatic carbocycles. The Balaban J connectivity index is 3.07. The Bertz CT molecular complexity index is 562. The molecule has 0 aliphatic heterocycles. The van der Waals surface area contributed by atoms with E-state index in [-0.39, 0.29) is 23.7 Å². The summed E-state index contributed by atoms with van der Waals surface area (Å²) >= 11 is 3.45. The lowest BCUT2D eigenvalue weighted by Gasteiger charge is -2.33. The zero-order valence-electron chi connectivity index (χ0n) is 15.2. The number of halogens is 1. The van der Waals surface area contributed by atoms with E-state index in [0.29, 0.717) is 11.3 Å². The van der Waals surface area contributed by atoms with Crippen LogP contribution in [0.1, 0.15) is 57.0 Å². The number of nitrogens with one attached hydrogen (secondary N) is 1. The van der Waals surface area contributed by atoms with E-state index in [4.69, 9.17) is 9.47 Å². The van der Waals surface area contributed by atoms with Crippen molar-refractivity contribution in [3.63, 3.8) is 0 Å². The largest absolute Gasteiger partial charge is 0.466 e. The van der Waals surface area contributed by atoms with Gasteiger partial charge >= 0.3 is 0 Å². The highest BCUT2D eigenvalue weighted by Crippen LogP contribution is 2.30. The molecular formula is C18H28BrNO3. The van der Waals surface area contributed by atoms with Crippen LogP contribution in [0.5, 0.6) is 5.75 Å². The fourth-order valence-corrected chi connectivity index (χ4v) is 3.52. The second-order valence-electron chi connectivity index (χ2n) is 7.73. The fraction of sp³-hybridized carbons (Fsp3) is 0.611. The van der Waals surface area contributed by atoms with Crippen LogP contribution < -0.4 is 10.1 Å². The van der Waals surface area contributed by atoms with Gasteiger partial charge in [0.15, 0.2) is 6.79 Å². The van der Waals surface area contributed by atoms with E-state index in [9.17, 15) is 4.79 Å². The third kappa shape index (κ3) is 6.51. The lowest BCUT2D eigenvalue weighted by molar-refractivity contribution is 0.0494. The normalized spacial score (nSPS) is 12.2. The summed E-state index contributed by atoms with van der Waals surface area (Å²) in [6.07, 6.45) is 0.868. The van der Waals surface area contributed by atoms with Crippen LogP contribution in [0.2, 0.25) is 0 Å². The highest BCUT2D eigenvalue weighted by Gasteiger charge is 2.28. The molecule has 0 bridgehead atoms. The van der Waals surface area contributed by atoms with Gasteiger partial charge in [-0.2, -0.15) is 0 Å². The van der Waals surface area contributed by atoms with Crippen molar-refractivity contribution in [3.8, 4) is 5.75 Å². The highest BCUT2D eigenvalue weighted by molar-refractivity contribution is 9.10. The fourth-order valence-electron chi connectivity index (χ4n) is 2.95. The first-order valence-corrected chi connectivity index (χ1v) is 8.49. The second kappa shape index (κ2) is 7.67. The topological polar surface area (TPSA) is 47.6 Å². The average Bonchev–Trinajstić information content (AvgIpc) is 2.33. The van der Waals surface area contributed by atoms with Crippen LogP contribution in [0.25, 0.3) is 0 Å². The van der Waals surface area contributed by atoms with Gasteiger partial charge < -0.3 is 14.8 Å². The van der Waals surface area contributed by atoms with Gasteiger partial charge in [-0.25, -0.2) is 0 Å². The quantitative estimate of drug-likeness (QED) is 0.722. The van der Waals surface area contributed by atoms with E-state index in [1.165, 1.54) is 0 Å². The lowest BCUT2D eigenvalue weighted by atomic mass is 9.81. The van der Waals surface area contributed by atoms with E-state index in [2.05, 4.69) is 42.0 Å². The van der Waals surface area contributed by atoms with Gasteiger partial charge in [0.2, 0.25) is 0 Å². The molecule has 130 valence electrons. The van der Waals surface area contributed by atoms with Crippen LogP contribution in [0, 0.1) is 12.3 Å². The number of rotatable bonds is 6. The molecule has 4 nitrogen and oxygen atoms in total. The molecule has 1 N–H and O–H groups in total. The Labute approximate surface area is 148 Å². The summed E-state index contributed by atoms with van der Waals surface area (Å²) in [6.45, 7) is 12.6. The summed E-state index contributed by atoms with van der Waals surface area (Å²) in [6, 6.07) is 3.70. The molecular weight excluding hydrogens is 358 g/mol. The molecule has 23 heavy (non-hydrogen) atoms. The van der Waals surface area contributed by atoms with Gasteiger partial charge in [0.25, 0.3) is 5.91 Å². The van der Waals surface area contributed by atoms with Gasteiger partial charge in [-0.15, -0.1) is 0 Å². The number of aryl methyl sites for hydroxylation is 1. The smallest absolute Gasteiger partial charge is 0.255 e. The molecule has 0 saturated carbocycles. The summed E-state index contributed by atoms with van der Waals surface area (Å²) in [5, 5.41) is 3.12. The SMILES string of the molecule is COCOc1c(C)cc(Br)cc1C(=O)NC(C)(C)CC(C)(C)C. The Hall–Kier alpha value is -1.07. The third-order valence-corrected chi connectivity index (χ3v) is 3.69. The summed E-state index contributed by atoms with van der Waals surface area (Å²) < 4.78 is 11.4. The molecule has 1 amide bonds. The maximum atomic E-state index is 12.8. The van der Waals surface area contributed by atoms with E-state index in [0.717, 1.165) is 16.5 Å².